The monoisotopic (exact) mass is 366 g/mol. The summed E-state index contributed by atoms with van der Waals surface area (Å²) in [6.07, 6.45) is 0.811. The number of carbonyl (C=O) groups is 2. The minimum absolute atomic E-state index is 0.0350. The maximum atomic E-state index is 13.0. The molecule has 2 aromatic rings. The fourth-order valence-electron chi connectivity index (χ4n) is 3.79. The average molecular weight is 366 g/mol. The Labute approximate surface area is 157 Å². The number of ether oxygens (including phenoxy) is 2. The second kappa shape index (κ2) is 7.04. The van der Waals surface area contributed by atoms with Gasteiger partial charge >= 0.3 is 0 Å². The van der Waals surface area contributed by atoms with Crippen molar-refractivity contribution >= 4 is 11.8 Å². The van der Waals surface area contributed by atoms with Gasteiger partial charge in [-0.25, -0.2) is 0 Å². The zero-order chi connectivity index (χ0) is 19.0. The lowest BCUT2D eigenvalue weighted by Crippen LogP contribution is -2.37. The van der Waals surface area contributed by atoms with Gasteiger partial charge in [-0.3, -0.25) is 9.59 Å². The lowest BCUT2D eigenvalue weighted by atomic mass is 9.90. The third-order valence-electron chi connectivity index (χ3n) is 5.38. The predicted octanol–water partition coefficient (Wildman–Crippen LogP) is 2.17. The minimum Gasteiger partial charge on any atom is -0.491 e. The van der Waals surface area contributed by atoms with E-state index in [-0.39, 0.29) is 23.4 Å². The molecule has 1 saturated heterocycles. The summed E-state index contributed by atoms with van der Waals surface area (Å²) in [5, 5.41) is 0. The van der Waals surface area contributed by atoms with Gasteiger partial charge in [0.05, 0.1) is 24.8 Å². The number of carbonyl (C=O) groups excluding carboxylic acids is 2. The highest BCUT2D eigenvalue weighted by Gasteiger charge is 2.32. The molecule has 140 valence electrons. The van der Waals surface area contributed by atoms with Crippen LogP contribution in [0.15, 0.2) is 42.5 Å². The maximum absolute atomic E-state index is 13.0. The molecule has 2 atom stereocenters. The summed E-state index contributed by atoms with van der Waals surface area (Å²) in [7, 11) is 1.77. The fraction of sp³-hybridized carbons (Fsp3) is 0.333. The van der Waals surface area contributed by atoms with Crippen molar-refractivity contribution in [3.05, 3.63) is 64.7 Å². The van der Waals surface area contributed by atoms with Gasteiger partial charge in [0, 0.05) is 30.7 Å². The highest BCUT2D eigenvalue weighted by molar-refractivity contribution is 6.01. The molecule has 4 rings (SSSR count). The van der Waals surface area contributed by atoms with Gasteiger partial charge < -0.3 is 20.1 Å². The molecule has 2 N–H and O–H groups in total. The van der Waals surface area contributed by atoms with E-state index in [4.69, 9.17) is 15.2 Å². The molecule has 2 amide bonds. The van der Waals surface area contributed by atoms with E-state index in [1.54, 1.807) is 18.0 Å². The van der Waals surface area contributed by atoms with Crippen molar-refractivity contribution in [2.75, 3.05) is 26.9 Å². The number of nitrogens with zero attached hydrogens (tertiary/aromatic N) is 1. The first-order valence-corrected chi connectivity index (χ1v) is 9.06. The summed E-state index contributed by atoms with van der Waals surface area (Å²) in [4.78, 5) is 26.7. The third-order valence-corrected chi connectivity index (χ3v) is 5.38. The number of primary amides is 1. The Balaban J connectivity index is 1.75. The number of nitrogens with two attached hydrogens (primary N) is 1. The van der Waals surface area contributed by atoms with Crippen LogP contribution in [-0.4, -0.2) is 49.6 Å². The summed E-state index contributed by atoms with van der Waals surface area (Å²) in [6, 6.07) is 13.3. The van der Waals surface area contributed by atoms with Crippen molar-refractivity contribution in [1.82, 2.24) is 4.90 Å². The van der Waals surface area contributed by atoms with Gasteiger partial charge in [-0.15, -0.1) is 0 Å². The lowest BCUT2D eigenvalue weighted by molar-refractivity contribution is 0.0711. The largest absolute Gasteiger partial charge is 0.491 e. The highest BCUT2D eigenvalue weighted by Crippen LogP contribution is 2.41. The quantitative estimate of drug-likeness (QED) is 0.899. The Morgan fingerprint density at radius 1 is 1.15 bits per heavy atom. The zero-order valence-corrected chi connectivity index (χ0v) is 15.2. The second-order valence-corrected chi connectivity index (χ2v) is 7.01. The second-order valence-electron chi connectivity index (χ2n) is 7.01. The van der Waals surface area contributed by atoms with Crippen molar-refractivity contribution in [2.24, 2.45) is 5.73 Å². The van der Waals surface area contributed by atoms with E-state index in [9.17, 15) is 9.59 Å². The number of hydrogen-bond donors (Lipinski definition) is 1. The van der Waals surface area contributed by atoms with Crippen LogP contribution in [0.5, 0.6) is 5.75 Å². The van der Waals surface area contributed by atoms with E-state index in [2.05, 4.69) is 0 Å². The Bertz CT molecular complexity index is 875. The average Bonchev–Trinajstić information content (AvgIpc) is 3.36. The summed E-state index contributed by atoms with van der Waals surface area (Å²) >= 11 is 0. The highest BCUT2D eigenvalue weighted by atomic mass is 16.5. The smallest absolute Gasteiger partial charge is 0.253 e. The molecule has 0 bridgehead atoms. The molecule has 0 spiro atoms. The van der Waals surface area contributed by atoms with Crippen LogP contribution in [0.3, 0.4) is 0 Å². The Kier molecular flexibility index (Phi) is 4.58. The van der Waals surface area contributed by atoms with E-state index >= 15 is 0 Å². The molecule has 2 aliphatic heterocycles. The van der Waals surface area contributed by atoms with E-state index < -0.39 is 5.91 Å². The van der Waals surface area contributed by atoms with Gasteiger partial charge in [0.2, 0.25) is 0 Å². The first kappa shape index (κ1) is 17.5. The summed E-state index contributed by atoms with van der Waals surface area (Å²) in [5.74, 6) is -0.289. The van der Waals surface area contributed by atoms with Crippen molar-refractivity contribution < 1.29 is 19.1 Å². The predicted molar refractivity (Wildman–Crippen MR) is 100 cm³/mol. The molecule has 0 saturated carbocycles. The Morgan fingerprint density at radius 3 is 2.59 bits per heavy atom. The number of likely N-dealkylation sites (N-methyl/N-ethyl adjacent to an activating group) is 1. The van der Waals surface area contributed by atoms with E-state index in [1.807, 2.05) is 36.4 Å². The topological polar surface area (TPSA) is 81.9 Å². The molecule has 2 heterocycles. The molecule has 2 aromatic carbocycles. The minimum atomic E-state index is -0.596. The fourth-order valence-corrected chi connectivity index (χ4v) is 3.79. The molecule has 1 fully saturated rings. The van der Waals surface area contributed by atoms with E-state index in [1.165, 1.54) is 0 Å². The molecule has 0 aliphatic carbocycles. The van der Waals surface area contributed by atoms with Crippen molar-refractivity contribution in [3.63, 3.8) is 0 Å². The molecule has 0 radical (unpaired) electrons. The zero-order valence-electron chi connectivity index (χ0n) is 15.2. The molecule has 0 aromatic heterocycles. The number of fused-ring (bicyclic) bond motifs is 1. The standard InChI is InChI=1S/C21H22N2O4/c1-23(15-7-8-26-11-15)21(25)14-9-16-18(13-5-3-2-4-6-13)12-27-19(16)17(10-14)20(22)24/h2-6,9-10,15,18H,7-8,11-12H2,1H3,(H2,22,24). The van der Waals surface area contributed by atoms with Gasteiger partial charge in [0.15, 0.2) is 0 Å². The van der Waals surface area contributed by atoms with Crippen LogP contribution >= 0.6 is 0 Å². The number of amides is 2. The molecule has 6 nitrogen and oxygen atoms in total. The third kappa shape index (κ3) is 3.17. The molecular formula is C21H22N2O4. The Hall–Kier alpha value is -2.86. The molecule has 2 aliphatic rings. The normalized spacial score (nSPS) is 20.8. The van der Waals surface area contributed by atoms with Crippen LogP contribution in [0, 0.1) is 0 Å². The SMILES string of the molecule is CN(C(=O)c1cc(C(N)=O)c2c(c1)C(c1ccccc1)CO2)C1CCOC1. The van der Waals surface area contributed by atoms with Crippen LogP contribution < -0.4 is 10.5 Å². The summed E-state index contributed by atoms with van der Waals surface area (Å²) in [6.45, 7) is 1.61. The van der Waals surface area contributed by atoms with Crippen LogP contribution in [0.25, 0.3) is 0 Å². The Morgan fingerprint density at radius 2 is 1.93 bits per heavy atom. The van der Waals surface area contributed by atoms with Gasteiger partial charge in [-0.05, 0) is 24.1 Å². The van der Waals surface area contributed by atoms with E-state index in [0.29, 0.717) is 31.1 Å². The van der Waals surface area contributed by atoms with Crippen LogP contribution in [0.1, 0.15) is 44.2 Å². The van der Waals surface area contributed by atoms with Gasteiger partial charge in [-0.2, -0.15) is 0 Å². The van der Waals surface area contributed by atoms with Gasteiger partial charge in [0.25, 0.3) is 11.8 Å². The number of hydrogen-bond acceptors (Lipinski definition) is 4. The number of rotatable bonds is 4. The first-order chi connectivity index (χ1) is 13.1. The molecule has 27 heavy (non-hydrogen) atoms. The van der Waals surface area contributed by atoms with Crippen LogP contribution in [-0.2, 0) is 4.74 Å². The van der Waals surface area contributed by atoms with Crippen LogP contribution in [0.4, 0.5) is 0 Å². The molecule has 2 unspecified atom stereocenters. The van der Waals surface area contributed by atoms with E-state index in [0.717, 1.165) is 17.5 Å². The molecular weight excluding hydrogens is 344 g/mol. The summed E-state index contributed by atoms with van der Waals surface area (Å²) < 4.78 is 11.2. The maximum Gasteiger partial charge on any atom is 0.253 e. The van der Waals surface area contributed by atoms with Crippen molar-refractivity contribution in [1.29, 1.82) is 0 Å². The van der Waals surface area contributed by atoms with Gasteiger partial charge in [0.1, 0.15) is 5.75 Å². The van der Waals surface area contributed by atoms with Crippen molar-refractivity contribution in [2.45, 2.75) is 18.4 Å². The summed E-state index contributed by atoms with van der Waals surface area (Å²) in [5.41, 5.74) is 8.19. The number of benzene rings is 2. The van der Waals surface area contributed by atoms with Crippen LogP contribution in [0.2, 0.25) is 0 Å². The first-order valence-electron chi connectivity index (χ1n) is 9.06. The molecule has 6 heteroatoms. The lowest BCUT2D eigenvalue weighted by Gasteiger charge is -2.24. The van der Waals surface area contributed by atoms with Crippen molar-refractivity contribution in [3.8, 4) is 5.75 Å². The van der Waals surface area contributed by atoms with Gasteiger partial charge in [-0.1, -0.05) is 30.3 Å².